The molecule has 128 valence electrons. The number of carbonyl (C=O) groups is 2. The maximum Gasteiger partial charge on any atom is 0.410 e. The van der Waals surface area contributed by atoms with E-state index in [2.05, 4.69) is 6.58 Å². The maximum absolute atomic E-state index is 11.9. The van der Waals surface area contributed by atoms with Gasteiger partial charge in [0.05, 0.1) is 0 Å². The zero-order valence-electron chi connectivity index (χ0n) is 15.1. The van der Waals surface area contributed by atoms with Gasteiger partial charge in [-0.25, -0.2) is 9.59 Å². The summed E-state index contributed by atoms with van der Waals surface area (Å²) in [7, 11) is 3.26. The number of hydrogen-bond acceptors (Lipinski definition) is 4. The zero-order valence-corrected chi connectivity index (χ0v) is 15.1. The average Bonchev–Trinajstić information content (AvgIpc) is 2.23. The molecular weight excluding hydrogens is 284 g/mol. The van der Waals surface area contributed by atoms with Crippen molar-refractivity contribution >= 4 is 12.2 Å². The molecule has 6 nitrogen and oxygen atoms in total. The van der Waals surface area contributed by atoms with Crippen molar-refractivity contribution in [1.29, 1.82) is 0 Å². The SMILES string of the molecule is C=C(CN(C)C(=O)OC(C)(C)C)CN(C)C(=O)OC(C)(C)C. The van der Waals surface area contributed by atoms with Crippen molar-refractivity contribution < 1.29 is 19.1 Å². The molecule has 0 saturated heterocycles. The zero-order chi connectivity index (χ0) is 17.7. The van der Waals surface area contributed by atoms with Crippen molar-refractivity contribution in [2.45, 2.75) is 52.7 Å². The van der Waals surface area contributed by atoms with Gasteiger partial charge in [0, 0.05) is 27.2 Å². The number of amides is 2. The number of likely N-dealkylation sites (N-methyl/N-ethyl adjacent to an activating group) is 2. The molecule has 0 aromatic rings. The van der Waals surface area contributed by atoms with Crippen molar-refractivity contribution in [2.75, 3.05) is 27.2 Å². The lowest BCUT2D eigenvalue weighted by molar-refractivity contribution is 0.0294. The highest BCUT2D eigenvalue weighted by molar-refractivity contribution is 5.69. The van der Waals surface area contributed by atoms with Crippen molar-refractivity contribution in [1.82, 2.24) is 9.80 Å². The molecule has 0 aliphatic heterocycles. The van der Waals surface area contributed by atoms with Gasteiger partial charge in [-0.15, -0.1) is 0 Å². The van der Waals surface area contributed by atoms with Gasteiger partial charge in [-0.05, 0) is 47.1 Å². The first kappa shape index (κ1) is 20.3. The van der Waals surface area contributed by atoms with Crippen molar-refractivity contribution in [3.63, 3.8) is 0 Å². The van der Waals surface area contributed by atoms with E-state index in [0.29, 0.717) is 18.7 Å². The van der Waals surface area contributed by atoms with E-state index in [0.717, 1.165) is 0 Å². The molecule has 0 fully saturated rings. The van der Waals surface area contributed by atoms with Crippen LogP contribution in [0.1, 0.15) is 41.5 Å². The molecule has 0 radical (unpaired) electrons. The molecule has 22 heavy (non-hydrogen) atoms. The Morgan fingerprint density at radius 3 is 1.32 bits per heavy atom. The normalized spacial score (nSPS) is 11.6. The summed E-state index contributed by atoms with van der Waals surface area (Å²) in [5, 5.41) is 0. The molecule has 0 atom stereocenters. The number of hydrogen-bond donors (Lipinski definition) is 0. The van der Waals surface area contributed by atoms with Crippen LogP contribution in [-0.2, 0) is 9.47 Å². The largest absolute Gasteiger partial charge is 0.444 e. The van der Waals surface area contributed by atoms with E-state index in [1.54, 1.807) is 14.1 Å². The lowest BCUT2D eigenvalue weighted by Crippen LogP contribution is -2.38. The number of nitrogens with zero attached hydrogens (tertiary/aromatic N) is 2. The highest BCUT2D eigenvalue weighted by Gasteiger charge is 2.22. The molecule has 0 unspecified atom stereocenters. The molecule has 0 aromatic heterocycles. The third-order valence-corrected chi connectivity index (χ3v) is 2.33. The van der Waals surface area contributed by atoms with Gasteiger partial charge in [0.2, 0.25) is 0 Å². The molecule has 0 saturated carbocycles. The first-order valence-corrected chi connectivity index (χ1v) is 7.26. The van der Waals surface area contributed by atoms with Gasteiger partial charge >= 0.3 is 12.2 Å². The van der Waals surface area contributed by atoms with Crippen LogP contribution < -0.4 is 0 Å². The third-order valence-electron chi connectivity index (χ3n) is 2.33. The fraction of sp³-hybridized carbons (Fsp3) is 0.750. The van der Waals surface area contributed by atoms with Gasteiger partial charge in [-0.2, -0.15) is 0 Å². The molecule has 0 N–H and O–H groups in total. The van der Waals surface area contributed by atoms with Crippen LogP contribution in [0.2, 0.25) is 0 Å². The summed E-state index contributed by atoms with van der Waals surface area (Å²) >= 11 is 0. The Hall–Kier alpha value is -1.72. The fourth-order valence-corrected chi connectivity index (χ4v) is 1.53. The summed E-state index contributed by atoms with van der Waals surface area (Å²) in [4.78, 5) is 26.6. The molecule has 6 heteroatoms. The Labute approximate surface area is 134 Å². The highest BCUT2D eigenvalue weighted by Crippen LogP contribution is 2.12. The molecule has 0 aromatic carbocycles. The summed E-state index contributed by atoms with van der Waals surface area (Å²) in [5.74, 6) is 0. The molecule has 0 bridgehead atoms. The first-order valence-electron chi connectivity index (χ1n) is 7.26. The van der Waals surface area contributed by atoms with Gasteiger partial charge < -0.3 is 19.3 Å². The Morgan fingerprint density at radius 1 is 0.818 bits per heavy atom. The van der Waals surface area contributed by atoms with Crippen LogP contribution in [0.4, 0.5) is 9.59 Å². The molecule has 2 amide bonds. The minimum atomic E-state index is -0.542. The van der Waals surface area contributed by atoms with Crippen LogP contribution in [0.15, 0.2) is 12.2 Å². The van der Waals surface area contributed by atoms with Crippen LogP contribution >= 0.6 is 0 Å². The smallest absolute Gasteiger partial charge is 0.410 e. The van der Waals surface area contributed by atoms with Crippen LogP contribution in [0.5, 0.6) is 0 Å². The quantitative estimate of drug-likeness (QED) is 0.747. The van der Waals surface area contributed by atoms with E-state index in [1.807, 2.05) is 41.5 Å². The molecule has 0 heterocycles. The second-order valence-corrected chi connectivity index (χ2v) is 7.42. The summed E-state index contributed by atoms with van der Waals surface area (Å²) in [6.45, 7) is 15.4. The minimum Gasteiger partial charge on any atom is -0.444 e. The Kier molecular flexibility index (Phi) is 6.93. The summed E-state index contributed by atoms with van der Waals surface area (Å²) in [6.07, 6.45) is -0.845. The molecule has 0 rings (SSSR count). The molecule has 0 spiro atoms. The maximum atomic E-state index is 11.9. The Balaban J connectivity index is 4.39. The van der Waals surface area contributed by atoms with E-state index in [4.69, 9.17) is 9.47 Å². The van der Waals surface area contributed by atoms with Gasteiger partial charge in [-0.1, -0.05) is 6.58 Å². The standard InChI is InChI=1S/C16H30N2O4/c1-12(10-17(8)13(19)21-15(2,3)4)11-18(9)14(20)22-16(5,6)7/h1,10-11H2,2-9H3. The van der Waals surface area contributed by atoms with Crippen LogP contribution in [0.25, 0.3) is 0 Å². The van der Waals surface area contributed by atoms with Gasteiger partial charge in [-0.3, -0.25) is 0 Å². The lowest BCUT2D eigenvalue weighted by Gasteiger charge is -2.27. The monoisotopic (exact) mass is 314 g/mol. The highest BCUT2D eigenvalue weighted by atomic mass is 16.6. The summed E-state index contributed by atoms with van der Waals surface area (Å²) in [6, 6.07) is 0. The molecule has 0 aliphatic carbocycles. The summed E-state index contributed by atoms with van der Waals surface area (Å²) in [5.41, 5.74) is -0.373. The topological polar surface area (TPSA) is 59.1 Å². The second-order valence-electron chi connectivity index (χ2n) is 7.42. The number of rotatable bonds is 4. The number of carbonyl (C=O) groups excluding carboxylic acids is 2. The van der Waals surface area contributed by atoms with Crippen molar-refractivity contribution in [2.24, 2.45) is 0 Å². The van der Waals surface area contributed by atoms with Crippen LogP contribution in [0, 0.1) is 0 Å². The van der Waals surface area contributed by atoms with E-state index >= 15 is 0 Å². The van der Waals surface area contributed by atoms with E-state index in [9.17, 15) is 9.59 Å². The van der Waals surface area contributed by atoms with E-state index in [1.165, 1.54) is 9.80 Å². The fourth-order valence-electron chi connectivity index (χ4n) is 1.53. The van der Waals surface area contributed by atoms with Gasteiger partial charge in [0.15, 0.2) is 0 Å². The van der Waals surface area contributed by atoms with Crippen LogP contribution in [-0.4, -0.2) is 60.4 Å². The van der Waals surface area contributed by atoms with Gasteiger partial charge in [0.1, 0.15) is 11.2 Å². The van der Waals surface area contributed by atoms with Crippen molar-refractivity contribution in [3.05, 3.63) is 12.2 Å². The van der Waals surface area contributed by atoms with E-state index < -0.39 is 23.4 Å². The third kappa shape index (κ3) is 9.26. The van der Waals surface area contributed by atoms with E-state index in [-0.39, 0.29) is 0 Å². The Morgan fingerprint density at radius 2 is 1.09 bits per heavy atom. The predicted molar refractivity (Wildman–Crippen MR) is 86.9 cm³/mol. The van der Waals surface area contributed by atoms with Crippen LogP contribution in [0.3, 0.4) is 0 Å². The molecular formula is C16H30N2O4. The number of ether oxygens (including phenoxy) is 2. The average molecular weight is 314 g/mol. The Bertz CT molecular complexity index is 381. The summed E-state index contributed by atoms with van der Waals surface area (Å²) < 4.78 is 10.5. The lowest BCUT2D eigenvalue weighted by atomic mass is 10.2. The van der Waals surface area contributed by atoms with Crippen molar-refractivity contribution in [3.8, 4) is 0 Å². The first-order chi connectivity index (χ1) is 9.71. The minimum absolute atomic E-state index is 0.308. The molecule has 0 aliphatic rings. The predicted octanol–water partition coefficient (Wildman–Crippen LogP) is 3.28. The van der Waals surface area contributed by atoms with Gasteiger partial charge in [0.25, 0.3) is 0 Å². The second kappa shape index (κ2) is 7.51.